The lowest BCUT2D eigenvalue weighted by atomic mass is 10.1. The van der Waals surface area contributed by atoms with Crippen molar-refractivity contribution in [1.82, 2.24) is 29.9 Å². The van der Waals surface area contributed by atoms with Crippen LogP contribution in [-0.2, 0) is 13.0 Å². The number of nitrogens with zero attached hydrogens (tertiary/aromatic N) is 5. The highest BCUT2D eigenvalue weighted by atomic mass is 35.5. The summed E-state index contributed by atoms with van der Waals surface area (Å²) in [6.45, 7) is 3.45. The van der Waals surface area contributed by atoms with Crippen LogP contribution in [0.5, 0.6) is 5.75 Å². The average Bonchev–Trinajstić information content (AvgIpc) is 3.37. The van der Waals surface area contributed by atoms with E-state index in [4.69, 9.17) is 16.3 Å². The van der Waals surface area contributed by atoms with E-state index in [0.717, 1.165) is 35.7 Å². The van der Waals surface area contributed by atoms with E-state index in [2.05, 4.69) is 36.0 Å². The Morgan fingerprint density at radius 3 is 2.82 bits per heavy atom. The van der Waals surface area contributed by atoms with Crippen molar-refractivity contribution in [2.24, 2.45) is 0 Å². The second-order valence-electron chi connectivity index (χ2n) is 6.18. The van der Waals surface area contributed by atoms with Gasteiger partial charge in [-0.2, -0.15) is 10.3 Å². The highest BCUT2D eigenvalue weighted by Gasteiger charge is 2.11. The highest BCUT2D eigenvalue weighted by Crippen LogP contribution is 2.26. The minimum atomic E-state index is 0.329. The van der Waals surface area contributed by atoms with Crippen molar-refractivity contribution in [3.63, 3.8) is 0 Å². The molecule has 0 aliphatic rings. The molecule has 0 radical (unpaired) electrons. The third kappa shape index (κ3) is 3.89. The number of hydrogen-bond donors (Lipinski definition) is 1. The number of imidazole rings is 1. The van der Waals surface area contributed by atoms with Gasteiger partial charge in [0.1, 0.15) is 17.1 Å². The first-order valence-corrected chi connectivity index (χ1v) is 9.38. The van der Waals surface area contributed by atoms with Gasteiger partial charge >= 0.3 is 0 Å². The summed E-state index contributed by atoms with van der Waals surface area (Å²) in [6, 6.07) is 11.9. The van der Waals surface area contributed by atoms with Crippen molar-refractivity contribution in [3.8, 4) is 28.4 Å². The molecule has 0 aliphatic carbocycles. The van der Waals surface area contributed by atoms with Crippen LogP contribution in [0.25, 0.3) is 22.6 Å². The van der Waals surface area contributed by atoms with Crippen molar-refractivity contribution >= 4 is 11.6 Å². The number of pyridine rings is 1. The molecule has 3 aromatic heterocycles. The van der Waals surface area contributed by atoms with E-state index in [1.165, 1.54) is 5.56 Å². The van der Waals surface area contributed by atoms with Crippen LogP contribution in [0, 0.1) is 0 Å². The van der Waals surface area contributed by atoms with Crippen LogP contribution in [0.4, 0.5) is 0 Å². The molecule has 0 amide bonds. The molecule has 3 heterocycles. The second kappa shape index (κ2) is 8.22. The lowest BCUT2D eigenvalue weighted by Crippen LogP contribution is -2.02. The Morgan fingerprint density at radius 2 is 2.00 bits per heavy atom. The minimum absolute atomic E-state index is 0.329. The van der Waals surface area contributed by atoms with Crippen LogP contribution in [-0.4, -0.2) is 36.6 Å². The van der Waals surface area contributed by atoms with Crippen molar-refractivity contribution in [1.29, 1.82) is 0 Å². The fourth-order valence-corrected chi connectivity index (χ4v) is 3.18. The van der Waals surface area contributed by atoms with Gasteiger partial charge in [-0.05, 0) is 37.1 Å². The lowest BCUT2D eigenvalue weighted by molar-refractivity contribution is 0.336. The molecule has 4 aromatic rings. The topological polar surface area (TPSA) is 81.5 Å². The molecule has 1 N–H and O–H groups in total. The first kappa shape index (κ1) is 18.2. The fourth-order valence-electron chi connectivity index (χ4n) is 2.99. The minimum Gasteiger partial charge on any atom is -0.494 e. The highest BCUT2D eigenvalue weighted by molar-refractivity contribution is 6.31. The zero-order valence-electron chi connectivity index (χ0n) is 15.3. The number of ether oxygens (including phenoxy) is 1. The van der Waals surface area contributed by atoms with Crippen LogP contribution in [0.1, 0.15) is 12.5 Å². The third-order valence-electron chi connectivity index (χ3n) is 4.35. The Labute approximate surface area is 167 Å². The van der Waals surface area contributed by atoms with Gasteiger partial charge in [0.05, 0.1) is 18.6 Å². The molecule has 8 heteroatoms. The summed E-state index contributed by atoms with van der Waals surface area (Å²) in [5, 5.41) is 10.8. The smallest absolute Gasteiger partial charge is 0.179 e. The van der Waals surface area contributed by atoms with Gasteiger partial charge in [-0.1, -0.05) is 29.8 Å². The maximum atomic E-state index is 6.06. The molecule has 4 rings (SSSR count). The summed E-state index contributed by atoms with van der Waals surface area (Å²) < 4.78 is 7.75. The number of aromatic nitrogens is 6. The molecule has 0 bridgehead atoms. The number of benzene rings is 1. The van der Waals surface area contributed by atoms with E-state index in [-0.39, 0.29) is 0 Å². The Morgan fingerprint density at radius 1 is 1.11 bits per heavy atom. The van der Waals surface area contributed by atoms with E-state index in [0.29, 0.717) is 17.5 Å². The summed E-state index contributed by atoms with van der Waals surface area (Å²) in [7, 11) is 0. The summed E-state index contributed by atoms with van der Waals surface area (Å²) in [6.07, 6.45) is 6.37. The van der Waals surface area contributed by atoms with Gasteiger partial charge in [-0.3, -0.25) is 4.98 Å². The molecule has 0 aliphatic heterocycles. The molecule has 0 unspecified atom stereocenters. The monoisotopic (exact) mass is 394 g/mol. The molecule has 142 valence electrons. The number of aryl methyl sites for hydroxylation is 2. The van der Waals surface area contributed by atoms with Crippen LogP contribution in [0.2, 0.25) is 5.15 Å². The first-order chi connectivity index (χ1) is 13.7. The average molecular weight is 395 g/mol. The number of hydrogen-bond acceptors (Lipinski definition) is 5. The zero-order chi connectivity index (χ0) is 19.3. The Bertz CT molecular complexity index is 1070. The van der Waals surface area contributed by atoms with Crippen LogP contribution >= 0.6 is 11.6 Å². The third-order valence-corrected chi connectivity index (χ3v) is 4.61. The largest absolute Gasteiger partial charge is 0.494 e. The molecular weight excluding hydrogens is 376 g/mol. The predicted molar refractivity (Wildman–Crippen MR) is 107 cm³/mol. The van der Waals surface area contributed by atoms with E-state index < -0.39 is 0 Å². The second-order valence-corrected chi connectivity index (χ2v) is 6.54. The standard InChI is InChI=1S/C20H19ClN6O/c1-2-28-18-6-4-3-5-14(18)8-10-27-12-17(23-13-27)16-11-15(7-9-22-16)19-20(21)25-26-24-19/h3-7,9,11-13H,2,8,10H2,1H3,(H,24,25,26). The van der Waals surface area contributed by atoms with E-state index in [1.54, 1.807) is 6.20 Å². The summed E-state index contributed by atoms with van der Waals surface area (Å²) in [5.74, 6) is 0.934. The van der Waals surface area contributed by atoms with Crippen LogP contribution < -0.4 is 4.74 Å². The summed E-state index contributed by atoms with van der Waals surface area (Å²) in [5.41, 5.74) is 4.16. The number of halogens is 1. The van der Waals surface area contributed by atoms with Crippen molar-refractivity contribution in [2.75, 3.05) is 6.61 Å². The zero-order valence-corrected chi connectivity index (χ0v) is 16.1. The summed E-state index contributed by atoms with van der Waals surface area (Å²) >= 11 is 6.06. The van der Waals surface area contributed by atoms with Gasteiger partial charge in [0.15, 0.2) is 5.15 Å². The number of para-hydroxylation sites is 1. The fraction of sp³-hybridized carbons (Fsp3) is 0.200. The first-order valence-electron chi connectivity index (χ1n) is 9.00. The molecule has 0 saturated carbocycles. The Balaban J connectivity index is 1.50. The van der Waals surface area contributed by atoms with Crippen LogP contribution in [0.15, 0.2) is 55.1 Å². The van der Waals surface area contributed by atoms with Crippen LogP contribution in [0.3, 0.4) is 0 Å². The van der Waals surface area contributed by atoms with Crippen molar-refractivity contribution < 1.29 is 4.74 Å². The maximum absolute atomic E-state index is 6.06. The van der Waals surface area contributed by atoms with Gasteiger partial charge in [0.2, 0.25) is 0 Å². The molecular formula is C20H19ClN6O. The van der Waals surface area contributed by atoms with E-state index in [9.17, 15) is 0 Å². The van der Waals surface area contributed by atoms with Crippen molar-refractivity contribution in [2.45, 2.75) is 19.9 Å². The quantitative estimate of drug-likeness (QED) is 0.512. The van der Waals surface area contributed by atoms with Gasteiger partial charge in [0, 0.05) is 24.5 Å². The molecule has 0 atom stereocenters. The number of rotatable bonds is 7. The molecule has 0 fully saturated rings. The molecule has 7 nitrogen and oxygen atoms in total. The predicted octanol–water partition coefficient (Wildman–Crippen LogP) is 4.03. The molecule has 0 spiro atoms. The number of nitrogens with one attached hydrogen (secondary N) is 1. The normalized spacial score (nSPS) is 10.9. The SMILES string of the molecule is CCOc1ccccc1CCn1cnc(-c2cc(-c3n[nH]nc3Cl)ccn2)c1. The molecule has 1 aromatic carbocycles. The Hall–Kier alpha value is -3.19. The van der Waals surface area contributed by atoms with Gasteiger partial charge in [-0.25, -0.2) is 4.98 Å². The molecule has 28 heavy (non-hydrogen) atoms. The maximum Gasteiger partial charge on any atom is 0.179 e. The van der Waals surface area contributed by atoms with E-state index in [1.807, 2.05) is 49.8 Å². The molecule has 0 saturated heterocycles. The van der Waals surface area contributed by atoms with Gasteiger partial charge < -0.3 is 9.30 Å². The van der Waals surface area contributed by atoms with Gasteiger partial charge in [0.25, 0.3) is 0 Å². The van der Waals surface area contributed by atoms with E-state index >= 15 is 0 Å². The van der Waals surface area contributed by atoms with Gasteiger partial charge in [-0.15, -0.1) is 5.10 Å². The van der Waals surface area contributed by atoms with Crippen molar-refractivity contribution in [3.05, 3.63) is 65.8 Å². The lowest BCUT2D eigenvalue weighted by Gasteiger charge is -2.10. The summed E-state index contributed by atoms with van der Waals surface area (Å²) in [4.78, 5) is 8.92. The number of H-pyrrole nitrogens is 1. The number of aromatic amines is 1. The Kier molecular flexibility index (Phi) is 5.34.